The van der Waals surface area contributed by atoms with Gasteiger partial charge in [0.05, 0.1) is 6.61 Å². The summed E-state index contributed by atoms with van der Waals surface area (Å²) < 4.78 is 14.9. The van der Waals surface area contributed by atoms with Crippen LogP contribution in [0.4, 0.5) is 0 Å². The van der Waals surface area contributed by atoms with Crippen molar-refractivity contribution >= 4 is 59.2 Å². The van der Waals surface area contributed by atoms with Crippen LogP contribution in [0.3, 0.4) is 0 Å². The predicted octanol–water partition coefficient (Wildman–Crippen LogP) is 5.98. The minimum Gasteiger partial charge on any atom is -0.303 e. The summed E-state index contributed by atoms with van der Waals surface area (Å²) in [7, 11) is -4.26. The first kappa shape index (κ1) is 28.0. The Morgan fingerprint density at radius 3 is 1.21 bits per heavy atom. The molecule has 0 unspecified atom stereocenters. The molecule has 0 aliphatic carbocycles. The zero-order valence-corrected chi connectivity index (χ0v) is 20.2. The van der Waals surface area contributed by atoms with Crippen LogP contribution in [0.1, 0.15) is 110 Å². The second-order valence-electron chi connectivity index (χ2n) is 6.63. The van der Waals surface area contributed by atoms with Crippen LogP contribution >= 0.6 is 7.82 Å². The van der Waals surface area contributed by atoms with E-state index in [0.717, 1.165) is 19.3 Å². The van der Waals surface area contributed by atoms with Crippen LogP contribution in [0, 0.1) is 0 Å². The molecule has 0 rings (SSSR count). The van der Waals surface area contributed by atoms with Crippen molar-refractivity contribution < 1.29 is 18.9 Å². The fourth-order valence-corrected chi connectivity index (χ4v) is 3.20. The summed E-state index contributed by atoms with van der Waals surface area (Å²) >= 11 is 0. The van der Waals surface area contributed by atoms with Gasteiger partial charge in [0.2, 0.25) is 0 Å². The van der Waals surface area contributed by atoms with Gasteiger partial charge < -0.3 is 9.79 Å². The molecule has 1 radical (unpaired) electrons. The first-order valence-electron chi connectivity index (χ1n) is 9.76. The fourth-order valence-electron chi connectivity index (χ4n) is 2.83. The summed E-state index contributed by atoms with van der Waals surface area (Å²) in [5, 5.41) is 0. The van der Waals surface area contributed by atoms with Gasteiger partial charge in [0.25, 0.3) is 0 Å². The molecule has 0 aliphatic rings. The third kappa shape index (κ3) is 26.0. The fraction of sp³-hybridized carbons (Fsp3) is 1.00. The molecule has 4 nitrogen and oxygen atoms in total. The monoisotopic (exact) mass is 389 g/mol. The van der Waals surface area contributed by atoms with Gasteiger partial charge in [-0.3, -0.25) is 4.52 Å². The average molecular weight is 390 g/mol. The van der Waals surface area contributed by atoms with E-state index in [4.69, 9.17) is 9.79 Å². The normalized spacial score (nSPS) is 11.5. The Morgan fingerprint density at radius 1 is 0.625 bits per heavy atom. The van der Waals surface area contributed by atoms with Crippen LogP contribution in [-0.2, 0) is 9.09 Å². The van der Waals surface area contributed by atoms with Gasteiger partial charge in [-0.25, -0.2) is 4.57 Å². The maximum atomic E-state index is 10.5. The van der Waals surface area contributed by atoms with Gasteiger partial charge >= 0.3 is 7.82 Å². The summed E-state index contributed by atoms with van der Waals surface area (Å²) in [6.45, 7) is 2.43. The van der Waals surface area contributed by atoms with E-state index >= 15 is 0 Å². The number of phosphoric acid groups is 1. The second kappa shape index (κ2) is 21.1. The van der Waals surface area contributed by atoms with E-state index in [1.165, 1.54) is 83.5 Å². The Bertz CT molecular complexity index is 284. The van der Waals surface area contributed by atoms with Gasteiger partial charge in [-0.1, -0.05) is 103 Å². The topological polar surface area (TPSA) is 66.8 Å². The van der Waals surface area contributed by atoms with Crippen LogP contribution < -0.4 is 0 Å². The number of rotatable bonds is 18. The van der Waals surface area contributed by atoms with Crippen molar-refractivity contribution in [1.29, 1.82) is 0 Å². The van der Waals surface area contributed by atoms with Crippen LogP contribution in [0.5, 0.6) is 0 Å². The zero-order chi connectivity index (χ0) is 17.2. The number of phosphoric ester groups is 1. The van der Waals surface area contributed by atoms with Crippen LogP contribution in [0.25, 0.3) is 0 Å². The van der Waals surface area contributed by atoms with Crippen molar-refractivity contribution in [3.63, 3.8) is 0 Å². The van der Waals surface area contributed by atoms with Crippen molar-refractivity contribution in [3.8, 4) is 0 Å². The molecule has 2 N–H and O–H groups in total. The van der Waals surface area contributed by atoms with E-state index in [1.54, 1.807) is 0 Å². The maximum Gasteiger partial charge on any atom is 0.469 e. The van der Waals surface area contributed by atoms with E-state index in [0.29, 0.717) is 0 Å². The number of unbranched alkanes of at least 4 members (excludes halogenated alkanes) is 15. The summed E-state index contributed by atoms with van der Waals surface area (Å²) in [5.74, 6) is 0. The van der Waals surface area contributed by atoms with Crippen molar-refractivity contribution in [2.24, 2.45) is 0 Å². The Hall–Kier alpha value is 1.75. The molecular weight excluding hydrogens is 350 g/mol. The Balaban J connectivity index is 0. The second-order valence-corrected chi connectivity index (χ2v) is 7.87. The molecule has 0 aliphatic heterocycles. The summed E-state index contributed by atoms with van der Waals surface area (Å²) in [4.78, 5) is 17.1. The molecule has 141 valence electrons. The van der Waals surface area contributed by atoms with Gasteiger partial charge in [-0.2, -0.15) is 0 Å². The van der Waals surface area contributed by atoms with Gasteiger partial charge in [-0.15, -0.1) is 0 Å². The standard InChI is InChI=1S/C18H39O4P.K/c1-2-3-4-5-6-7-8-9-10-11-12-13-14-15-16-17-18-22-23(19,20)21;/h2-18H2,1H3,(H2,19,20,21);. The third-order valence-corrected chi connectivity index (χ3v) is 4.78. The maximum absolute atomic E-state index is 10.5. The van der Waals surface area contributed by atoms with Crippen LogP contribution in [0.2, 0.25) is 0 Å². The van der Waals surface area contributed by atoms with Crippen molar-refractivity contribution in [2.45, 2.75) is 110 Å². The molecule has 0 atom stereocenters. The van der Waals surface area contributed by atoms with E-state index in [2.05, 4.69) is 11.4 Å². The van der Waals surface area contributed by atoms with Crippen LogP contribution in [0.15, 0.2) is 0 Å². The van der Waals surface area contributed by atoms with E-state index < -0.39 is 7.82 Å². The molecule has 0 fully saturated rings. The van der Waals surface area contributed by atoms with Gasteiger partial charge in [0, 0.05) is 51.4 Å². The van der Waals surface area contributed by atoms with E-state index in [-0.39, 0.29) is 58.0 Å². The molecule has 0 aromatic rings. The number of hydrogen-bond acceptors (Lipinski definition) is 2. The molecule has 0 heterocycles. The van der Waals surface area contributed by atoms with Crippen molar-refractivity contribution in [2.75, 3.05) is 6.61 Å². The summed E-state index contributed by atoms with van der Waals surface area (Å²) in [6, 6.07) is 0. The first-order valence-corrected chi connectivity index (χ1v) is 11.3. The van der Waals surface area contributed by atoms with Crippen molar-refractivity contribution in [3.05, 3.63) is 0 Å². The minimum atomic E-state index is -4.26. The largest absolute Gasteiger partial charge is 0.469 e. The molecule has 0 aromatic carbocycles. The SMILES string of the molecule is CCCCCCCCCCCCCCCCCCOP(=O)(O)O.[K]. The smallest absolute Gasteiger partial charge is 0.303 e. The van der Waals surface area contributed by atoms with Gasteiger partial charge in [0.15, 0.2) is 0 Å². The van der Waals surface area contributed by atoms with Gasteiger partial charge in [0.1, 0.15) is 0 Å². The molecule has 24 heavy (non-hydrogen) atoms. The summed E-state index contributed by atoms with van der Waals surface area (Å²) in [6.07, 6.45) is 20.7. The van der Waals surface area contributed by atoms with Crippen molar-refractivity contribution in [1.82, 2.24) is 0 Å². The zero-order valence-electron chi connectivity index (χ0n) is 16.2. The van der Waals surface area contributed by atoms with Crippen LogP contribution in [-0.4, -0.2) is 67.8 Å². The average Bonchev–Trinajstić information content (AvgIpc) is 2.49. The molecular formula is C18H39KO4P. The number of hydrogen-bond donors (Lipinski definition) is 2. The molecule has 0 aromatic heterocycles. The molecule has 0 saturated carbocycles. The Kier molecular flexibility index (Phi) is 24.5. The summed E-state index contributed by atoms with van der Waals surface area (Å²) in [5.41, 5.74) is 0. The van der Waals surface area contributed by atoms with E-state index in [1.807, 2.05) is 0 Å². The molecule has 0 amide bonds. The Morgan fingerprint density at radius 2 is 0.917 bits per heavy atom. The predicted molar refractivity (Wildman–Crippen MR) is 103 cm³/mol. The quantitative estimate of drug-likeness (QED) is 0.172. The van der Waals surface area contributed by atoms with E-state index in [9.17, 15) is 4.57 Å². The van der Waals surface area contributed by atoms with Gasteiger partial charge in [-0.05, 0) is 6.42 Å². The first-order chi connectivity index (χ1) is 11.1. The molecule has 6 heteroatoms. The molecule has 0 saturated heterocycles. The minimum absolute atomic E-state index is 0. The third-order valence-electron chi connectivity index (χ3n) is 4.26. The Labute approximate surface area is 192 Å². The molecule has 0 spiro atoms. The molecule has 0 bridgehead atoms.